The molecule has 3 rings (SSSR count). The average molecular weight is 271 g/mol. The Balaban J connectivity index is 1.76. The summed E-state index contributed by atoms with van der Waals surface area (Å²) < 4.78 is 1.89. The quantitative estimate of drug-likeness (QED) is 0.733. The molecule has 0 unspecified atom stereocenters. The molecule has 0 atom stereocenters. The number of thiazole rings is 1. The first-order chi connectivity index (χ1) is 9.22. The SMILES string of the molecule is Cc1csc(CC(=O)Cn2cnc3ccccc32)n1. The van der Waals surface area contributed by atoms with Gasteiger partial charge in [0.15, 0.2) is 5.78 Å². The lowest BCUT2D eigenvalue weighted by Crippen LogP contribution is -2.11. The van der Waals surface area contributed by atoms with E-state index in [0.717, 1.165) is 21.7 Å². The van der Waals surface area contributed by atoms with E-state index in [2.05, 4.69) is 9.97 Å². The van der Waals surface area contributed by atoms with Crippen molar-refractivity contribution in [2.24, 2.45) is 0 Å². The maximum Gasteiger partial charge on any atom is 0.159 e. The number of hydrogen-bond acceptors (Lipinski definition) is 4. The van der Waals surface area contributed by atoms with Crippen molar-refractivity contribution in [3.63, 3.8) is 0 Å². The van der Waals surface area contributed by atoms with Gasteiger partial charge in [-0.25, -0.2) is 9.97 Å². The molecule has 5 heteroatoms. The van der Waals surface area contributed by atoms with Crippen LogP contribution in [0.5, 0.6) is 0 Å². The lowest BCUT2D eigenvalue weighted by atomic mass is 10.2. The van der Waals surface area contributed by atoms with E-state index in [9.17, 15) is 4.79 Å². The lowest BCUT2D eigenvalue weighted by molar-refractivity contribution is -0.118. The van der Waals surface area contributed by atoms with Gasteiger partial charge < -0.3 is 4.57 Å². The number of aryl methyl sites for hydroxylation is 1. The van der Waals surface area contributed by atoms with Crippen molar-refractivity contribution in [2.45, 2.75) is 19.9 Å². The first-order valence-corrected chi connectivity index (χ1v) is 6.93. The minimum atomic E-state index is 0.150. The van der Waals surface area contributed by atoms with Gasteiger partial charge in [0.25, 0.3) is 0 Å². The summed E-state index contributed by atoms with van der Waals surface area (Å²) in [7, 11) is 0. The van der Waals surface area contributed by atoms with E-state index in [4.69, 9.17) is 0 Å². The Hall–Kier alpha value is -2.01. The van der Waals surface area contributed by atoms with Gasteiger partial charge in [0.1, 0.15) is 5.01 Å². The van der Waals surface area contributed by atoms with Crippen molar-refractivity contribution >= 4 is 28.2 Å². The molecule has 0 aliphatic heterocycles. The number of carbonyl (C=O) groups excluding carboxylic acids is 1. The van der Waals surface area contributed by atoms with E-state index in [1.807, 2.05) is 41.1 Å². The second kappa shape index (κ2) is 4.93. The van der Waals surface area contributed by atoms with Crippen LogP contribution in [0.1, 0.15) is 10.7 Å². The van der Waals surface area contributed by atoms with Crippen molar-refractivity contribution < 1.29 is 4.79 Å². The predicted octanol–water partition coefficient (Wildman–Crippen LogP) is 2.61. The first-order valence-electron chi connectivity index (χ1n) is 6.05. The summed E-state index contributed by atoms with van der Waals surface area (Å²) in [6.07, 6.45) is 2.11. The van der Waals surface area contributed by atoms with Gasteiger partial charge in [-0.1, -0.05) is 12.1 Å². The highest BCUT2D eigenvalue weighted by Crippen LogP contribution is 2.13. The zero-order valence-corrected chi connectivity index (χ0v) is 11.4. The summed E-state index contributed by atoms with van der Waals surface area (Å²) in [5.41, 5.74) is 2.88. The average Bonchev–Trinajstić information content (AvgIpc) is 2.97. The number of benzene rings is 1. The standard InChI is InChI=1S/C14H13N3OS/c1-10-8-19-14(16-10)6-11(18)7-17-9-15-12-4-2-3-5-13(12)17/h2-5,8-9H,6-7H2,1H3. The monoisotopic (exact) mass is 271 g/mol. The minimum Gasteiger partial charge on any atom is -0.323 e. The molecular weight excluding hydrogens is 258 g/mol. The summed E-state index contributed by atoms with van der Waals surface area (Å²) >= 11 is 1.54. The summed E-state index contributed by atoms with van der Waals surface area (Å²) in [4.78, 5) is 20.6. The molecule has 0 aliphatic carbocycles. The maximum atomic E-state index is 12.1. The second-order valence-corrected chi connectivity index (χ2v) is 5.40. The van der Waals surface area contributed by atoms with Crippen LogP contribution in [0.4, 0.5) is 0 Å². The fourth-order valence-corrected chi connectivity index (χ4v) is 2.84. The highest BCUT2D eigenvalue weighted by molar-refractivity contribution is 7.09. The van der Waals surface area contributed by atoms with Crippen LogP contribution in [0.2, 0.25) is 0 Å². The number of carbonyl (C=O) groups is 1. The van der Waals surface area contributed by atoms with E-state index in [1.54, 1.807) is 6.33 Å². The zero-order chi connectivity index (χ0) is 13.2. The maximum absolute atomic E-state index is 12.1. The number of hydrogen-bond donors (Lipinski definition) is 0. The van der Waals surface area contributed by atoms with Gasteiger partial charge >= 0.3 is 0 Å². The van der Waals surface area contributed by atoms with Crippen LogP contribution < -0.4 is 0 Å². The van der Waals surface area contributed by atoms with Crippen LogP contribution in [0.25, 0.3) is 11.0 Å². The molecule has 0 saturated heterocycles. The van der Waals surface area contributed by atoms with Crippen LogP contribution in [0.15, 0.2) is 36.0 Å². The van der Waals surface area contributed by atoms with Crippen molar-refractivity contribution in [2.75, 3.05) is 0 Å². The Morgan fingerprint density at radius 2 is 2.21 bits per heavy atom. The smallest absolute Gasteiger partial charge is 0.159 e. The molecule has 1 aromatic carbocycles. The van der Waals surface area contributed by atoms with Crippen LogP contribution in [0.3, 0.4) is 0 Å². The summed E-state index contributed by atoms with van der Waals surface area (Å²) in [6.45, 7) is 2.28. The number of imidazole rings is 1. The second-order valence-electron chi connectivity index (χ2n) is 4.46. The Bertz CT molecular complexity index is 729. The normalized spacial score (nSPS) is 11.0. The molecule has 2 heterocycles. The van der Waals surface area contributed by atoms with E-state index in [0.29, 0.717) is 13.0 Å². The summed E-state index contributed by atoms with van der Waals surface area (Å²) in [6, 6.07) is 7.82. The topological polar surface area (TPSA) is 47.8 Å². The molecule has 0 bridgehead atoms. The van der Waals surface area contributed by atoms with Crippen LogP contribution in [-0.2, 0) is 17.8 Å². The van der Waals surface area contributed by atoms with E-state index < -0.39 is 0 Å². The molecule has 0 aliphatic rings. The molecule has 3 aromatic rings. The van der Waals surface area contributed by atoms with Gasteiger partial charge in [0, 0.05) is 11.1 Å². The number of nitrogens with zero attached hydrogens (tertiary/aromatic N) is 3. The molecule has 0 saturated carbocycles. The highest BCUT2D eigenvalue weighted by Gasteiger charge is 2.09. The molecule has 0 N–H and O–H groups in total. The fraction of sp³-hybridized carbons (Fsp3) is 0.214. The molecular formula is C14H13N3OS. The predicted molar refractivity (Wildman–Crippen MR) is 75.3 cm³/mol. The van der Waals surface area contributed by atoms with E-state index in [-0.39, 0.29) is 5.78 Å². The Morgan fingerprint density at radius 1 is 1.37 bits per heavy atom. The third-order valence-corrected chi connectivity index (χ3v) is 3.86. The number of ketones is 1. The molecule has 0 fully saturated rings. The molecule has 2 aromatic heterocycles. The number of para-hydroxylation sites is 2. The first kappa shape index (κ1) is 12.0. The molecule has 0 amide bonds. The Kier molecular flexibility index (Phi) is 3.13. The number of rotatable bonds is 4. The Morgan fingerprint density at radius 3 is 3.00 bits per heavy atom. The van der Waals surface area contributed by atoms with Gasteiger partial charge in [-0.2, -0.15) is 0 Å². The third-order valence-electron chi connectivity index (χ3n) is 2.89. The van der Waals surface area contributed by atoms with Gasteiger partial charge in [-0.05, 0) is 19.1 Å². The van der Waals surface area contributed by atoms with Crippen molar-refractivity contribution in [1.29, 1.82) is 0 Å². The zero-order valence-electron chi connectivity index (χ0n) is 10.5. The van der Waals surface area contributed by atoms with Crippen molar-refractivity contribution in [3.05, 3.63) is 46.7 Å². The van der Waals surface area contributed by atoms with Gasteiger partial charge in [0.2, 0.25) is 0 Å². The van der Waals surface area contributed by atoms with Gasteiger partial charge in [-0.15, -0.1) is 11.3 Å². The van der Waals surface area contributed by atoms with Crippen molar-refractivity contribution in [1.82, 2.24) is 14.5 Å². The van der Waals surface area contributed by atoms with Gasteiger partial charge in [-0.3, -0.25) is 4.79 Å². The van der Waals surface area contributed by atoms with E-state index in [1.165, 1.54) is 11.3 Å². The Labute approximate surface area is 114 Å². The molecule has 4 nitrogen and oxygen atoms in total. The summed E-state index contributed by atoms with van der Waals surface area (Å²) in [5, 5.41) is 2.85. The summed E-state index contributed by atoms with van der Waals surface area (Å²) in [5.74, 6) is 0.150. The van der Waals surface area contributed by atoms with Crippen molar-refractivity contribution in [3.8, 4) is 0 Å². The number of fused-ring (bicyclic) bond motifs is 1. The van der Waals surface area contributed by atoms with Gasteiger partial charge in [0.05, 0.1) is 30.3 Å². The van der Waals surface area contributed by atoms with Crippen LogP contribution >= 0.6 is 11.3 Å². The molecule has 0 radical (unpaired) electrons. The minimum absolute atomic E-state index is 0.150. The van der Waals surface area contributed by atoms with Crippen LogP contribution in [-0.4, -0.2) is 20.3 Å². The fourth-order valence-electron chi connectivity index (χ4n) is 2.03. The number of Topliss-reactive ketones (excluding diaryl/α,β-unsaturated/α-hetero) is 1. The highest BCUT2D eigenvalue weighted by atomic mass is 32.1. The molecule has 0 spiro atoms. The number of aromatic nitrogens is 3. The van der Waals surface area contributed by atoms with Crippen LogP contribution in [0, 0.1) is 6.92 Å². The van der Waals surface area contributed by atoms with E-state index >= 15 is 0 Å². The lowest BCUT2D eigenvalue weighted by Gasteiger charge is -2.02. The third kappa shape index (κ3) is 2.56. The largest absolute Gasteiger partial charge is 0.323 e. The molecule has 96 valence electrons. The molecule has 19 heavy (non-hydrogen) atoms.